The quantitative estimate of drug-likeness (QED) is 0.309. The summed E-state index contributed by atoms with van der Waals surface area (Å²) in [4.78, 5) is 24.3. The lowest BCUT2D eigenvalue weighted by Gasteiger charge is -2.37. The van der Waals surface area contributed by atoms with Crippen LogP contribution in [0.4, 0.5) is 16.0 Å². The number of carbonyl (C=O) groups excluding carboxylic acids is 1. The summed E-state index contributed by atoms with van der Waals surface area (Å²) in [6.45, 7) is 11.3. The number of nitrogens with one attached hydrogen (secondary N) is 1. The van der Waals surface area contributed by atoms with E-state index in [0.717, 1.165) is 6.42 Å². The van der Waals surface area contributed by atoms with Crippen molar-refractivity contribution in [3.63, 3.8) is 0 Å². The SMILES string of the molecule is CC(C)COc1cc(F)cc(-c2nc(N3CCC(C)C3(C)C)c(C(=O)NS(=O)(=O)c3cccc(N)n3)cc2I)c1. The first-order valence-electron chi connectivity index (χ1n) is 12.9. The van der Waals surface area contributed by atoms with Crippen LogP contribution in [0, 0.1) is 21.2 Å². The molecule has 3 heterocycles. The third-order valence-electron chi connectivity index (χ3n) is 7.12. The molecule has 12 heteroatoms. The lowest BCUT2D eigenvalue weighted by Crippen LogP contribution is -2.44. The Morgan fingerprint density at radius 3 is 2.60 bits per heavy atom. The molecule has 1 aliphatic heterocycles. The van der Waals surface area contributed by atoms with Crippen molar-refractivity contribution >= 4 is 50.2 Å². The fourth-order valence-corrected chi connectivity index (χ4v) is 6.20. The Balaban J connectivity index is 1.82. The molecule has 1 amide bonds. The number of nitrogen functional groups attached to an aromatic ring is 1. The molecule has 0 aliphatic carbocycles. The summed E-state index contributed by atoms with van der Waals surface area (Å²) in [6.07, 6.45) is 0.857. The van der Waals surface area contributed by atoms with Gasteiger partial charge in [-0.25, -0.2) is 19.1 Å². The number of pyridine rings is 2. The summed E-state index contributed by atoms with van der Waals surface area (Å²) in [5.74, 6) is -0.102. The zero-order valence-electron chi connectivity index (χ0n) is 23.0. The number of nitrogens with two attached hydrogens (primary N) is 1. The molecule has 1 fully saturated rings. The Morgan fingerprint density at radius 2 is 1.98 bits per heavy atom. The van der Waals surface area contributed by atoms with E-state index in [-0.39, 0.29) is 33.8 Å². The molecule has 1 aromatic carbocycles. The van der Waals surface area contributed by atoms with Crippen molar-refractivity contribution in [2.24, 2.45) is 11.8 Å². The molecule has 1 saturated heterocycles. The molecular weight excluding hydrogens is 648 g/mol. The highest BCUT2D eigenvalue weighted by Crippen LogP contribution is 2.40. The molecular formula is C28H33FIN5O4S. The molecule has 1 unspecified atom stereocenters. The second kappa shape index (κ2) is 11.5. The van der Waals surface area contributed by atoms with Gasteiger partial charge in [-0.2, -0.15) is 8.42 Å². The van der Waals surface area contributed by atoms with Crippen LogP contribution in [0.1, 0.15) is 51.4 Å². The van der Waals surface area contributed by atoms with Gasteiger partial charge in [-0.15, -0.1) is 0 Å². The van der Waals surface area contributed by atoms with E-state index in [4.69, 9.17) is 15.5 Å². The van der Waals surface area contributed by atoms with E-state index < -0.39 is 21.7 Å². The molecule has 3 N–H and O–H groups in total. The number of hydrogen-bond acceptors (Lipinski definition) is 8. The van der Waals surface area contributed by atoms with Gasteiger partial charge in [0.1, 0.15) is 23.2 Å². The van der Waals surface area contributed by atoms with Crippen LogP contribution in [0.3, 0.4) is 0 Å². The summed E-state index contributed by atoms with van der Waals surface area (Å²) >= 11 is 2.02. The highest BCUT2D eigenvalue weighted by atomic mass is 127. The first kappa shape index (κ1) is 30.0. The summed E-state index contributed by atoms with van der Waals surface area (Å²) in [6, 6.07) is 10.1. The van der Waals surface area contributed by atoms with Crippen molar-refractivity contribution in [2.45, 2.75) is 51.6 Å². The molecule has 0 radical (unpaired) electrons. The number of sulfonamides is 1. The van der Waals surface area contributed by atoms with Crippen LogP contribution >= 0.6 is 22.6 Å². The largest absolute Gasteiger partial charge is 0.493 e. The number of amides is 1. The maximum absolute atomic E-state index is 14.7. The average Bonchev–Trinajstić information content (AvgIpc) is 3.13. The molecule has 214 valence electrons. The fourth-order valence-electron chi connectivity index (χ4n) is 4.52. The second-order valence-electron chi connectivity index (χ2n) is 10.9. The highest BCUT2D eigenvalue weighted by molar-refractivity contribution is 14.1. The number of nitrogens with zero attached hydrogens (tertiary/aromatic N) is 3. The van der Waals surface area contributed by atoms with Gasteiger partial charge in [0.25, 0.3) is 15.9 Å². The average molecular weight is 682 g/mol. The lowest BCUT2D eigenvalue weighted by atomic mass is 9.90. The topological polar surface area (TPSA) is 128 Å². The van der Waals surface area contributed by atoms with E-state index in [2.05, 4.69) is 30.5 Å². The van der Waals surface area contributed by atoms with Crippen molar-refractivity contribution in [2.75, 3.05) is 23.8 Å². The summed E-state index contributed by atoms with van der Waals surface area (Å²) in [5.41, 5.74) is 6.29. The van der Waals surface area contributed by atoms with Crippen LogP contribution in [0.5, 0.6) is 5.75 Å². The predicted octanol–water partition coefficient (Wildman–Crippen LogP) is 5.25. The minimum Gasteiger partial charge on any atom is -0.493 e. The number of halogens is 2. The number of benzene rings is 1. The van der Waals surface area contributed by atoms with E-state index in [9.17, 15) is 17.6 Å². The zero-order chi connectivity index (χ0) is 29.4. The summed E-state index contributed by atoms with van der Waals surface area (Å²) in [7, 11) is -4.32. The number of rotatable bonds is 8. The van der Waals surface area contributed by atoms with E-state index >= 15 is 0 Å². The summed E-state index contributed by atoms with van der Waals surface area (Å²) in [5, 5.41) is -0.370. The molecule has 3 aromatic rings. The molecule has 0 saturated carbocycles. The van der Waals surface area contributed by atoms with Gasteiger partial charge in [-0.3, -0.25) is 4.79 Å². The number of ether oxygens (including phenoxy) is 1. The van der Waals surface area contributed by atoms with E-state index in [1.54, 1.807) is 12.1 Å². The molecule has 2 aromatic heterocycles. The minimum atomic E-state index is -4.32. The van der Waals surface area contributed by atoms with Gasteiger partial charge >= 0.3 is 0 Å². The van der Waals surface area contributed by atoms with Gasteiger partial charge in [-0.05, 0) is 85.0 Å². The van der Waals surface area contributed by atoms with Gasteiger partial charge < -0.3 is 15.4 Å². The maximum atomic E-state index is 14.7. The third-order valence-corrected chi connectivity index (χ3v) is 9.17. The van der Waals surface area contributed by atoms with Crippen LogP contribution in [-0.2, 0) is 10.0 Å². The predicted molar refractivity (Wildman–Crippen MR) is 161 cm³/mol. The Hall–Kier alpha value is -3.00. The van der Waals surface area contributed by atoms with Gasteiger partial charge in [0.15, 0.2) is 5.03 Å². The molecule has 1 atom stereocenters. The van der Waals surface area contributed by atoms with Crippen LogP contribution in [-0.4, -0.2) is 43.0 Å². The monoisotopic (exact) mass is 681 g/mol. The number of aromatic nitrogens is 2. The lowest BCUT2D eigenvalue weighted by molar-refractivity contribution is 0.0981. The smallest absolute Gasteiger partial charge is 0.281 e. The van der Waals surface area contributed by atoms with Gasteiger partial charge in [0.2, 0.25) is 0 Å². The normalized spacial score (nSPS) is 16.8. The van der Waals surface area contributed by atoms with Gasteiger partial charge in [0, 0.05) is 27.3 Å². The maximum Gasteiger partial charge on any atom is 0.281 e. The first-order chi connectivity index (χ1) is 18.7. The molecule has 1 aliphatic rings. The van der Waals surface area contributed by atoms with Crippen molar-refractivity contribution in [1.29, 1.82) is 0 Å². The Labute approximate surface area is 247 Å². The molecule has 4 rings (SSSR count). The first-order valence-corrected chi connectivity index (χ1v) is 15.5. The van der Waals surface area contributed by atoms with E-state index in [1.165, 1.54) is 30.3 Å². The molecule has 9 nitrogen and oxygen atoms in total. The minimum absolute atomic E-state index is 0.0104. The standard InChI is InChI=1S/C28H33FIN5O4S/c1-16(2)15-39-20-12-18(11-19(29)13-20)25-22(30)14-21(26(33-25)35-10-9-17(3)28(35,4)5)27(36)34-40(37,38)24-8-6-7-23(31)32-24/h6-8,11-14,16-17H,9-10,15H2,1-5H3,(H2,31,32)(H,34,36). The number of anilines is 2. The van der Waals surface area contributed by atoms with Crippen molar-refractivity contribution < 1.29 is 22.3 Å². The number of hydrogen-bond donors (Lipinski definition) is 2. The van der Waals surface area contributed by atoms with Gasteiger partial charge in [-0.1, -0.05) is 26.8 Å². The Morgan fingerprint density at radius 1 is 1.25 bits per heavy atom. The van der Waals surface area contributed by atoms with Gasteiger partial charge in [0.05, 0.1) is 17.9 Å². The van der Waals surface area contributed by atoms with Crippen LogP contribution < -0.4 is 20.1 Å². The summed E-state index contributed by atoms with van der Waals surface area (Å²) < 4.78 is 49.1. The highest BCUT2D eigenvalue weighted by Gasteiger charge is 2.41. The van der Waals surface area contributed by atoms with Crippen LogP contribution in [0.25, 0.3) is 11.3 Å². The Kier molecular flexibility index (Phi) is 8.60. The van der Waals surface area contributed by atoms with Crippen molar-refractivity contribution in [1.82, 2.24) is 14.7 Å². The number of carbonyl (C=O) groups is 1. The van der Waals surface area contributed by atoms with Crippen LogP contribution in [0.15, 0.2) is 47.5 Å². The Bertz CT molecular complexity index is 1550. The zero-order valence-corrected chi connectivity index (χ0v) is 26.0. The molecule has 0 spiro atoms. The third kappa shape index (κ3) is 6.32. The van der Waals surface area contributed by atoms with Crippen molar-refractivity contribution in [3.05, 3.63) is 57.4 Å². The van der Waals surface area contributed by atoms with E-state index in [0.29, 0.717) is 39.5 Å². The van der Waals surface area contributed by atoms with Crippen LogP contribution in [0.2, 0.25) is 0 Å². The molecule has 40 heavy (non-hydrogen) atoms. The molecule has 0 bridgehead atoms. The second-order valence-corrected chi connectivity index (χ2v) is 13.7. The van der Waals surface area contributed by atoms with E-state index in [1.807, 2.05) is 41.3 Å². The fraction of sp³-hybridized carbons (Fsp3) is 0.393. The van der Waals surface area contributed by atoms with Crippen molar-refractivity contribution in [3.8, 4) is 17.0 Å².